The average Bonchev–Trinajstić information content (AvgIpc) is 2.73. The van der Waals surface area contributed by atoms with Crippen molar-refractivity contribution in [2.75, 3.05) is 19.4 Å². The van der Waals surface area contributed by atoms with Gasteiger partial charge in [-0.15, -0.1) is 11.8 Å². The van der Waals surface area contributed by atoms with Crippen molar-refractivity contribution in [3.63, 3.8) is 0 Å². The van der Waals surface area contributed by atoms with Gasteiger partial charge in [0.05, 0.1) is 12.9 Å². The van der Waals surface area contributed by atoms with Crippen molar-refractivity contribution in [2.45, 2.75) is 32.2 Å². The normalized spacial score (nSPS) is 11.6. The van der Waals surface area contributed by atoms with Gasteiger partial charge in [-0.2, -0.15) is 0 Å². The molecule has 1 atom stereocenters. The number of benzene rings is 2. The van der Waals surface area contributed by atoms with Crippen molar-refractivity contribution in [1.29, 1.82) is 0 Å². The summed E-state index contributed by atoms with van der Waals surface area (Å²) in [6, 6.07) is 12.2. The van der Waals surface area contributed by atoms with E-state index >= 15 is 0 Å². The first-order valence-electron chi connectivity index (χ1n) is 9.57. The van der Waals surface area contributed by atoms with Crippen LogP contribution in [-0.4, -0.2) is 42.2 Å². The van der Waals surface area contributed by atoms with E-state index in [-0.39, 0.29) is 17.6 Å². The summed E-state index contributed by atoms with van der Waals surface area (Å²) in [4.78, 5) is 27.0. The summed E-state index contributed by atoms with van der Waals surface area (Å²) in [6.07, 6.45) is 0. The third kappa shape index (κ3) is 7.11. The Bertz CT molecular complexity index is 862. The van der Waals surface area contributed by atoms with Crippen LogP contribution in [0, 0.1) is 0 Å². The summed E-state index contributed by atoms with van der Waals surface area (Å²) in [5.41, 5.74) is 1.84. The first-order chi connectivity index (χ1) is 14.3. The standard InChI is InChI=1S/C22H26Cl2N2O3S/c1-4-25-22(28)15(2)26(12-16-5-9-19(29-3)10-6-16)21(27)14-30-13-17-7-8-18(23)11-20(17)24/h5-11,15H,4,12-14H2,1-3H3,(H,25,28)/t15-/m0/s1. The maximum absolute atomic E-state index is 13.0. The molecule has 0 fully saturated rings. The predicted molar refractivity (Wildman–Crippen MR) is 124 cm³/mol. The van der Waals surface area contributed by atoms with Crippen LogP contribution in [0.4, 0.5) is 0 Å². The number of halogens is 2. The van der Waals surface area contributed by atoms with E-state index < -0.39 is 6.04 Å². The molecule has 0 bridgehead atoms. The molecule has 0 saturated heterocycles. The van der Waals surface area contributed by atoms with Crippen molar-refractivity contribution in [3.8, 4) is 5.75 Å². The lowest BCUT2D eigenvalue weighted by Crippen LogP contribution is -2.48. The minimum absolute atomic E-state index is 0.111. The number of nitrogens with zero attached hydrogens (tertiary/aromatic N) is 1. The quantitative estimate of drug-likeness (QED) is 0.544. The summed E-state index contributed by atoms with van der Waals surface area (Å²) < 4.78 is 5.18. The zero-order chi connectivity index (χ0) is 22.1. The van der Waals surface area contributed by atoms with Crippen LogP contribution in [0.1, 0.15) is 25.0 Å². The second-order valence-corrected chi connectivity index (χ2v) is 8.50. The third-order valence-electron chi connectivity index (χ3n) is 4.53. The molecule has 0 heterocycles. The van der Waals surface area contributed by atoms with E-state index in [2.05, 4.69) is 5.32 Å². The van der Waals surface area contributed by atoms with E-state index in [0.29, 0.717) is 28.9 Å². The number of carbonyl (C=O) groups excluding carboxylic acids is 2. The van der Waals surface area contributed by atoms with Crippen LogP contribution >= 0.6 is 35.0 Å². The maximum atomic E-state index is 13.0. The Labute approximate surface area is 192 Å². The molecule has 0 aliphatic carbocycles. The first-order valence-corrected chi connectivity index (χ1v) is 11.5. The number of amides is 2. The second kappa shape index (κ2) is 12.1. The van der Waals surface area contributed by atoms with Gasteiger partial charge in [0.15, 0.2) is 0 Å². The highest BCUT2D eigenvalue weighted by molar-refractivity contribution is 7.99. The number of rotatable bonds is 10. The van der Waals surface area contributed by atoms with Gasteiger partial charge < -0.3 is 15.0 Å². The molecular weight excluding hydrogens is 443 g/mol. The summed E-state index contributed by atoms with van der Waals surface area (Å²) in [5, 5.41) is 3.94. The van der Waals surface area contributed by atoms with Gasteiger partial charge >= 0.3 is 0 Å². The van der Waals surface area contributed by atoms with E-state index in [0.717, 1.165) is 16.9 Å². The molecule has 0 spiro atoms. The van der Waals surface area contributed by atoms with E-state index in [9.17, 15) is 9.59 Å². The minimum Gasteiger partial charge on any atom is -0.497 e. The largest absolute Gasteiger partial charge is 0.497 e. The number of hydrogen-bond acceptors (Lipinski definition) is 4. The fraction of sp³-hybridized carbons (Fsp3) is 0.364. The molecule has 30 heavy (non-hydrogen) atoms. The lowest BCUT2D eigenvalue weighted by atomic mass is 10.1. The van der Waals surface area contributed by atoms with E-state index in [1.165, 1.54) is 11.8 Å². The van der Waals surface area contributed by atoms with Crippen LogP contribution in [0.15, 0.2) is 42.5 Å². The summed E-state index contributed by atoms with van der Waals surface area (Å²) >= 11 is 13.6. The Kier molecular flexibility index (Phi) is 9.82. The monoisotopic (exact) mass is 468 g/mol. The molecular formula is C22H26Cl2N2O3S. The molecule has 8 heteroatoms. The molecule has 2 aromatic carbocycles. The first kappa shape index (κ1) is 24.4. The van der Waals surface area contributed by atoms with Crippen molar-refractivity contribution >= 4 is 46.8 Å². The number of likely N-dealkylation sites (N-methyl/N-ethyl adjacent to an activating group) is 1. The molecule has 0 radical (unpaired) electrons. The number of methoxy groups -OCH3 is 1. The van der Waals surface area contributed by atoms with Gasteiger partial charge in [0, 0.05) is 28.9 Å². The van der Waals surface area contributed by atoms with Gasteiger partial charge in [0.2, 0.25) is 11.8 Å². The topological polar surface area (TPSA) is 58.6 Å². The lowest BCUT2D eigenvalue weighted by molar-refractivity contribution is -0.138. The van der Waals surface area contributed by atoms with Gasteiger partial charge in [-0.05, 0) is 49.2 Å². The highest BCUT2D eigenvalue weighted by Gasteiger charge is 2.25. The Hall–Kier alpha value is -1.89. The molecule has 0 unspecified atom stereocenters. The third-order valence-corrected chi connectivity index (χ3v) is 6.08. The SMILES string of the molecule is CCNC(=O)[C@H](C)N(Cc1ccc(OC)cc1)C(=O)CSCc1ccc(Cl)cc1Cl. The smallest absolute Gasteiger partial charge is 0.242 e. The van der Waals surface area contributed by atoms with Gasteiger partial charge in [0.25, 0.3) is 0 Å². The fourth-order valence-corrected chi connectivity index (χ4v) is 4.27. The Morgan fingerprint density at radius 1 is 1.17 bits per heavy atom. The van der Waals surface area contributed by atoms with Gasteiger partial charge in [-0.1, -0.05) is 41.4 Å². The molecule has 162 valence electrons. The van der Waals surface area contributed by atoms with Crippen LogP contribution in [-0.2, 0) is 21.9 Å². The summed E-state index contributed by atoms with van der Waals surface area (Å²) in [6.45, 7) is 4.44. The second-order valence-electron chi connectivity index (χ2n) is 6.67. The maximum Gasteiger partial charge on any atom is 0.242 e. The number of carbonyl (C=O) groups is 2. The highest BCUT2D eigenvalue weighted by Crippen LogP contribution is 2.25. The zero-order valence-corrected chi connectivity index (χ0v) is 19.6. The molecule has 0 aliphatic heterocycles. The fourth-order valence-electron chi connectivity index (χ4n) is 2.80. The van der Waals surface area contributed by atoms with Crippen molar-refractivity contribution in [3.05, 3.63) is 63.6 Å². The van der Waals surface area contributed by atoms with E-state index in [4.69, 9.17) is 27.9 Å². The number of thioether (sulfide) groups is 1. The molecule has 0 aliphatic rings. The minimum atomic E-state index is -0.584. The van der Waals surface area contributed by atoms with E-state index in [1.807, 2.05) is 37.3 Å². The van der Waals surface area contributed by atoms with Crippen LogP contribution in [0.25, 0.3) is 0 Å². The zero-order valence-electron chi connectivity index (χ0n) is 17.3. The van der Waals surface area contributed by atoms with Crippen LogP contribution in [0.3, 0.4) is 0 Å². The van der Waals surface area contributed by atoms with Crippen LogP contribution < -0.4 is 10.1 Å². The Morgan fingerprint density at radius 3 is 2.47 bits per heavy atom. The molecule has 2 rings (SSSR count). The predicted octanol–water partition coefficient (Wildman–Crippen LogP) is 4.79. The van der Waals surface area contributed by atoms with Crippen molar-refractivity contribution < 1.29 is 14.3 Å². The molecule has 0 saturated carbocycles. The summed E-state index contributed by atoms with van der Waals surface area (Å²) in [7, 11) is 1.60. The molecule has 1 N–H and O–H groups in total. The Balaban J connectivity index is 2.07. The highest BCUT2D eigenvalue weighted by atomic mass is 35.5. The number of ether oxygens (including phenoxy) is 1. The lowest BCUT2D eigenvalue weighted by Gasteiger charge is -2.28. The molecule has 2 aromatic rings. The Morgan fingerprint density at radius 2 is 1.87 bits per heavy atom. The summed E-state index contributed by atoms with van der Waals surface area (Å²) in [5.74, 6) is 1.26. The van der Waals surface area contributed by atoms with E-state index in [1.54, 1.807) is 31.1 Å². The van der Waals surface area contributed by atoms with Gasteiger partial charge in [-0.3, -0.25) is 9.59 Å². The van der Waals surface area contributed by atoms with Crippen LogP contribution in [0.5, 0.6) is 5.75 Å². The molecule has 0 aromatic heterocycles. The number of hydrogen-bond donors (Lipinski definition) is 1. The molecule has 5 nitrogen and oxygen atoms in total. The number of nitrogens with one attached hydrogen (secondary N) is 1. The van der Waals surface area contributed by atoms with Gasteiger partial charge in [-0.25, -0.2) is 0 Å². The van der Waals surface area contributed by atoms with Crippen molar-refractivity contribution in [2.24, 2.45) is 0 Å². The van der Waals surface area contributed by atoms with Crippen molar-refractivity contribution in [1.82, 2.24) is 10.2 Å². The van der Waals surface area contributed by atoms with Gasteiger partial charge in [0.1, 0.15) is 11.8 Å². The molecule has 2 amide bonds. The van der Waals surface area contributed by atoms with Crippen LogP contribution in [0.2, 0.25) is 10.0 Å². The average molecular weight is 469 g/mol.